The Bertz CT molecular complexity index is 974. The number of hydrogen-bond acceptors (Lipinski definition) is 4. The van der Waals surface area contributed by atoms with Gasteiger partial charge in [0.15, 0.2) is 5.60 Å². The van der Waals surface area contributed by atoms with E-state index in [0.29, 0.717) is 0 Å². The predicted molar refractivity (Wildman–Crippen MR) is 99.4 cm³/mol. The molecule has 0 aliphatic rings. The molecule has 0 amide bonds. The summed E-state index contributed by atoms with van der Waals surface area (Å²) in [6, 6.07) is 5.57. The fraction of sp³-hybridized carbons (Fsp3) is 0.368. The number of aromatic nitrogens is 1. The Morgan fingerprint density at radius 2 is 1.79 bits per heavy atom. The van der Waals surface area contributed by atoms with E-state index in [1.807, 2.05) is 0 Å². The fourth-order valence-electron chi connectivity index (χ4n) is 3.24. The third kappa shape index (κ3) is 4.92. The molecule has 1 aromatic heterocycles. The van der Waals surface area contributed by atoms with Crippen molar-refractivity contribution in [3.05, 3.63) is 57.1 Å². The highest BCUT2D eigenvalue weighted by Crippen LogP contribution is 2.45. The van der Waals surface area contributed by atoms with Gasteiger partial charge in [-0.05, 0) is 41.7 Å². The minimum Gasteiger partial charge on any atom is -0.508 e. The second kappa shape index (κ2) is 7.98. The molecular formula is C19H16Cl2F4N2O2. The van der Waals surface area contributed by atoms with Gasteiger partial charge in [0.2, 0.25) is 0 Å². The van der Waals surface area contributed by atoms with Crippen molar-refractivity contribution in [1.82, 2.24) is 4.98 Å². The van der Waals surface area contributed by atoms with Crippen molar-refractivity contribution in [3.63, 3.8) is 0 Å². The SMILES string of the molecule is CC(C)(CC(O)(Cc1cc(Cl)nc(Cl)c1C#N)C(F)(F)F)c1cc(F)ccc1O. The Labute approximate surface area is 174 Å². The van der Waals surface area contributed by atoms with Crippen LogP contribution in [-0.4, -0.2) is 27.0 Å². The number of benzene rings is 1. The molecule has 29 heavy (non-hydrogen) atoms. The number of halogens is 6. The lowest BCUT2D eigenvalue weighted by Crippen LogP contribution is -2.51. The average Bonchev–Trinajstić information content (AvgIpc) is 2.55. The van der Waals surface area contributed by atoms with Crippen LogP contribution in [-0.2, 0) is 11.8 Å². The summed E-state index contributed by atoms with van der Waals surface area (Å²) in [5.74, 6) is -1.16. The first kappa shape index (κ1) is 23.2. The number of rotatable bonds is 5. The first-order valence-electron chi connectivity index (χ1n) is 8.23. The van der Waals surface area contributed by atoms with Gasteiger partial charge in [-0.1, -0.05) is 37.0 Å². The highest BCUT2D eigenvalue weighted by molar-refractivity contribution is 6.33. The van der Waals surface area contributed by atoms with E-state index in [1.54, 1.807) is 6.07 Å². The number of aromatic hydroxyl groups is 1. The lowest BCUT2D eigenvalue weighted by atomic mass is 9.72. The van der Waals surface area contributed by atoms with Gasteiger partial charge in [-0.25, -0.2) is 9.37 Å². The van der Waals surface area contributed by atoms with Gasteiger partial charge in [0.05, 0.1) is 5.56 Å². The second-order valence-corrected chi connectivity index (χ2v) is 8.06. The zero-order valence-electron chi connectivity index (χ0n) is 15.3. The van der Waals surface area contributed by atoms with E-state index < -0.39 is 41.6 Å². The Morgan fingerprint density at radius 3 is 2.34 bits per heavy atom. The number of nitrogens with zero attached hydrogens (tertiary/aromatic N) is 2. The van der Waals surface area contributed by atoms with Crippen LogP contribution < -0.4 is 0 Å². The number of phenolic OH excluding ortho intramolecular Hbond substituents is 1. The Kier molecular flexibility index (Phi) is 6.38. The van der Waals surface area contributed by atoms with Crippen molar-refractivity contribution >= 4 is 23.2 Å². The molecule has 1 unspecified atom stereocenters. The number of pyridine rings is 1. The Hall–Kier alpha value is -2.08. The molecule has 4 nitrogen and oxygen atoms in total. The maximum Gasteiger partial charge on any atom is 0.417 e. The van der Waals surface area contributed by atoms with Crippen LogP contribution >= 0.6 is 23.2 Å². The summed E-state index contributed by atoms with van der Waals surface area (Å²) in [5, 5.41) is 29.2. The molecule has 10 heteroatoms. The molecule has 1 atom stereocenters. The van der Waals surface area contributed by atoms with E-state index in [0.717, 1.165) is 24.3 Å². The lowest BCUT2D eigenvalue weighted by Gasteiger charge is -2.38. The van der Waals surface area contributed by atoms with Gasteiger partial charge in [0.25, 0.3) is 0 Å². The van der Waals surface area contributed by atoms with Gasteiger partial charge in [-0.3, -0.25) is 0 Å². The van der Waals surface area contributed by atoms with Crippen LogP contribution in [0.4, 0.5) is 17.6 Å². The lowest BCUT2D eigenvalue weighted by molar-refractivity contribution is -0.266. The zero-order valence-corrected chi connectivity index (χ0v) is 16.8. The molecule has 0 fully saturated rings. The van der Waals surface area contributed by atoms with E-state index in [-0.39, 0.29) is 27.0 Å². The molecule has 1 heterocycles. The van der Waals surface area contributed by atoms with Gasteiger partial charge < -0.3 is 10.2 Å². The number of aliphatic hydroxyl groups is 1. The first-order valence-corrected chi connectivity index (χ1v) is 8.99. The van der Waals surface area contributed by atoms with Crippen LogP contribution in [0.5, 0.6) is 5.75 Å². The third-order valence-electron chi connectivity index (χ3n) is 4.57. The van der Waals surface area contributed by atoms with Crippen LogP contribution in [0.3, 0.4) is 0 Å². The molecule has 2 aromatic rings. The number of alkyl halides is 3. The van der Waals surface area contributed by atoms with Crippen LogP contribution in [0.2, 0.25) is 10.3 Å². The van der Waals surface area contributed by atoms with Crippen molar-refractivity contribution in [1.29, 1.82) is 5.26 Å². The summed E-state index contributed by atoms with van der Waals surface area (Å²) < 4.78 is 55.3. The summed E-state index contributed by atoms with van der Waals surface area (Å²) >= 11 is 11.5. The van der Waals surface area contributed by atoms with Gasteiger partial charge in [0, 0.05) is 12.0 Å². The average molecular weight is 451 g/mol. The molecule has 0 spiro atoms. The number of phenols is 1. The molecular weight excluding hydrogens is 435 g/mol. The van der Waals surface area contributed by atoms with Crippen LogP contribution in [0, 0.1) is 17.1 Å². The van der Waals surface area contributed by atoms with Gasteiger partial charge in [-0.2, -0.15) is 18.4 Å². The molecule has 0 radical (unpaired) electrons. The first-order chi connectivity index (χ1) is 13.2. The number of nitriles is 1. The van der Waals surface area contributed by atoms with Gasteiger partial charge >= 0.3 is 6.18 Å². The molecule has 2 rings (SSSR count). The van der Waals surface area contributed by atoms with Crippen LogP contribution in [0.25, 0.3) is 0 Å². The molecule has 0 saturated carbocycles. The second-order valence-electron chi connectivity index (χ2n) is 7.31. The van der Waals surface area contributed by atoms with Crippen molar-refractivity contribution < 1.29 is 27.8 Å². The topological polar surface area (TPSA) is 77.1 Å². The minimum atomic E-state index is -5.12. The van der Waals surface area contributed by atoms with Crippen LogP contribution in [0.15, 0.2) is 24.3 Å². The van der Waals surface area contributed by atoms with E-state index in [1.165, 1.54) is 13.8 Å². The minimum absolute atomic E-state index is 0.105. The normalized spacial score (nSPS) is 14.3. The monoisotopic (exact) mass is 450 g/mol. The molecule has 0 aliphatic heterocycles. The molecule has 0 aliphatic carbocycles. The summed E-state index contributed by atoms with van der Waals surface area (Å²) in [7, 11) is 0. The molecule has 0 bridgehead atoms. The maximum atomic E-state index is 13.9. The summed E-state index contributed by atoms with van der Waals surface area (Å²) in [6.07, 6.45) is -7.11. The highest BCUT2D eigenvalue weighted by Gasteiger charge is 2.56. The van der Waals surface area contributed by atoms with Crippen molar-refractivity contribution in [2.45, 2.75) is 43.9 Å². The maximum absolute atomic E-state index is 13.9. The van der Waals surface area contributed by atoms with Crippen molar-refractivity contribution in [2.75, 3.05) is 0 Å². The van der Waals surface area contributed by atoms with Crippen LogP contribution in [0.1, 0.15) is 37.0 Å². The summed E-state index contributed by atoms with van der Waals surface area (Å²) in [6.45, 7) is 2.66. The largest absolute Gasteiger partial charge is 0.508 e. The smallest absolute Gasteiger partial charge is 0.417 e. The summed E-state index contributed by atoms with van der Waals surface area (Å²) in [4.78, 5) is 3.61. The Balaban J connectivity index is 2.55. The Morgan fingerprint density at radius 1 is 1.17 bits per heavy atom. The van der Waals surface area contributed by atoms with E-state index in [2.05, 4.69) is 4.98 Å². The van der Waals surface area contributed by atoms with Gasteiger partial charge in [-0.15, -0.1) is 0 Å². The quantitative estimate of drug-likeness (QED) is 0.477. The molecule has 2 N–H and O–H groups in total. The zero-order chi connectivity index (χ0) is 22.2. The number of hydrogen-bond donors (Lipinski definition) is 2. The molecule has 0 saturated heterocycles. The fourth-order valence-corrected chi connectivity index (χ4v) is 3.76. The molecule has 1 aromatic carbocycles. The van der Waals surface area contributed by atoms with Crippen molar-refractivity contribution in [2.24, 2.45) is 0 Å². The van der Waals surface area contributed by atoms with Gasteiger partial charge in [0.1, 0.15) is 27.9 Å². The highest BCUT2D eigenvalue weighted by atomic mass is 35.5. The van der Waals surface area contributed by atoms with E-state index in [4.69, 9.17) is 23.2 Å². The van der Waals surface area contributed by atoms with E-state index >= 15 is 0 Å². The molecule has 156 valence electrons. The van der Waals surface area contributed by atoms with Crippen molar-refractivity contribution in [3.8, 4) is 11.8 Å². The van der Waals surface area contributed by atoms with E-state index in [9.17, 15) is 33.0 Å². The third-order valence-corrected chi connectivity index (χ3v) is 5.04. The standard InChI is InChI=1S/C19H16Cl2F4N2O2/c1-17(2,13-6-11(22)3-4-14(13)28)9-18(29,19(23,24)25)7-10-5-15(20)27-16(21)12(10)8-26/h3-6,28-29H,7,9H2,1-2H3. The predicted octanol–water partition coefficient (Wildman–Crippen LogP) is 5.31. The summed E-state index contributed by atoms with van der Waals surface area (Å²) in [5.41, 5.74) is -5.52.